The number of hydrogen-bond acceptors (Lipinski definition) is 9. The van der Waals surface area contributed by atoms with Crippen molar-refractivity contribution in [3.8, 4) is 11.1 Å². The Kier molecular flexibility index (Phi) is 11.8. The van der Waals surface area contributed by atoms with Crippen molar-refractivity contribution < 1.29 is 42.9 Å². The molecule has 0 spiro atoms. The number of amides is 2. The number of imide groups is 1. The molecule has 1 aromatic heterocycles. The largest absolute Gasteiger partial charge is 0.457 e. The topological polar surface area (TPSA) is 125 Å². The molecule has 1 aliphatic heterocycles. The third kappa shape index (κ3) is 8.21. The van der Waals surface area contributed by atoms with Crippen molar-refractivity contribution in [2.75, 3.05) is 33.5 Å². The number of ether oxygens (including phenoxy) is 4. The molecule has 0 aliphatic carbocycles. The predicted molar refractivity (Wildman–Crippen MR) is 162 cm³/mol. The fraction of sp³-hybridized carbons (Fsp3) is 0.441. The van der Waals surface area contributed by atoms with E-state index in [0.29, 0.717) is 31.8 Å². The lowest BCUT2D eigenvalue weighted by Crippen LogP contribution is -2.49. The first kappa shape index (κ1) is 33.1. The van der Waals surface area contributed by atoms with Gasteiger partial charge >= 0.3 is 6.09 Å². The van der Waals surface area contributed by atoms with Crippen LogP contribution in [0.25, 0.3) is 11.1 Å². The monoisotopic (exact) mass is 607 g/mol. The summed E-state index contributed by atoms with van der Waals surface area (Å²) in [4.78, 5) is 40.3. The molecule has 1 saturated heterocycles. The van der Waals surface area contributed by atoms with Gasteiger partial charge in [-0.15, -0.1) is 0 Å². The van der Waals surface area contributed by atoms with Gasteiger partial charge in [-0.1, -0.05) is 74.0 Å². The van der Waals surface area contributed by atoms with Gasteiger partial charge in [0.25, 0.3) is 5.91 Å². The number of carbonyl (C=O) groups excluding carboxylic acids is 3. The third-order valence-corrected chi connectivity index (χ3v) is 7.52. The maximum absolute atomic E-state index is 13.6. The Hall–Kier alpha value is -3.83. The number of ketones is 1. The van der Waals surface area contributed by atoms with E-state index in [1.54, 1.807) is 6.07 Å². The number of furan rings is 1. The van der Waals surface area contributed by atoms with Crippen LogP contribution in [-0.4, -0.2) is 79.6 Å². The number of rotatable bonds is 16. The number of benzene rings is 2. The van der Waals surface area contributed by atoms with Crippen molar-refractivity contribution in [3.63, 3.8) is 0 Å². The second kappa shape index (κ2) is 15.8. The highest BCUT2D eigenvalue weighted by atomic mass is 16.6. The van der Waals surface area contributed by atoms with Gasteiger partial charge in [-0.3, -0.25) is 9.59 Å². The van der Waals surface area contributed by atoms with Gasteiger partial charge in [0.1, 0.15) is 18.5 Å². The van der Waals surface area contributed by atoms with E-state index in [2.05, 4.69) is 0 Å². The molecule has 2 aromatic carbocycles. The lowest BCUT2D eigenvalue weighted by Gasteiger charge is -2.25. The zero-order valence-corrected chi connectivity index (χ0v) is 25.7. The minimum absolute atomic E-state index is 0.0408. The molecule has 3 aromatic rings. The normalized spacial score (nSPS) is 16.3. The third-order valence-electron chi connectivity index (χ3n) is 7.52. The molecule has 1 aliphatic rings. The SMILES string of the molecule is CO[C@H](C(=O)c1cc(-c2cccc(C)c2)c(CCCOC[C@@H](CO)OCc2ccccc2)o1)C(=O)N1C(=O)OC[C@H]1C(C)C. The van der Waals surface area contributed by atoms with Crippen LogP contribution in [0.4, 0.5) is 4.79 Å². The molecule has 10 heteroatoms. The summed E-state index contributed by atoms with van der Waals surface area (Å²) in [7, 11) is 1.25. The highest BCUT2D eigenvalue weighted by Crippen LogP contribution is 2.31. The van der Waals surface area contributed by atoms with E-state index in [0.717, 1.165) is 27.2 Å². The van der Waals surface area contributed by atoms with Crippen LogP contribution >= 0.6 is 0 Å². The maximum Gasteiger partial charge on any atom is 0.417 e. The number of aryl methyl sites for hydroxylation is 2. The Labute approximate surface area is 257 Å². The smallest absolute Gasteiger partial charge is 0.417 e. The van der Waals surface area contributed by atoms with Crippen LogP contribution in [0.2, 0.25) is 0 Å². The summed E-state index contributed by atoms with van der Waals surface area (Å²) in [5, 5.41) is 9.69. The first-order valence-electron chi connectivity index (χ1n) is 14.8. The summed E-state index contributed by atoms with van der Waals surface area (Å²) in [6, 6.07) is 18.6. The van der Waals surface area contributed by atoms with E-state index in [1.807, 2.05) is 75.4 Å². The van der Waals surface area contributed by atoms with Gasteiger partial charge in [-0.05, 0) is 36.5 Å². The minimum Gasteiger partial charge on any atom is -0.457 e. The van der Waals surface area contributed by atoms with Crippen LogP contribution < -0.4 is 0 Å². The molecule has 3 atom stereocenters. The number of aliphatic hydroxyl groups excluding tert-OH is 1. The average molecular weight is 608 g/mol. The fourth-order valence-corrected chi connectivity index (χ4v) is 5.04. The lowest BCUT2D eigenvalue weighted by molar-refractivity contribution is -0.137. The molecule has 1 fully saturated rings. The second-order valence-corrected chi connectivity index (χ2v) is 11.2. The van der Waals surface area contributed by atoms with Gasteiger partial charge in [-0.25, -0.2) is 9.69 Å². The van der Waals surface area contributed by atoms with Crippen LogP contribution in [0.1, 0.15) is 47.7 Å². The Morgan fingerprint density at radius 2 is 1.86 bits per heavy atom. The van der Waals surface area contributed by atoms with E-state index >= 15 is 0 Å². The highest BCUT2D eigenvalue weighted by Gasteiger charge is 2.45. The van der Waals surface area contributed by atoms with Gasteiger partial charge < -0.3 is 28.5 Å². The second-order valence-electron chi connectivity index (χ2n) is 11.2. The Morgan fingerprint density at radius 1 is 1.09 bits per heavy atom. The number of aliphatic hydroxyl groups is 1. The molecule has 2 amide bonds. The number of methoxy groups -OCH3 is 1. The Morgan fingerprint density at radius 3 is 2.55 bits per heavy atom. The van der Waals surface area contributed by atoms with Crippen molar-refractivity contribution in [2.24, 2.45) is 5.92 Å². The molecule has 1 N–H and O–H groups in total. The van der Waals surface area contributed by atoms with Crippen molar-refractivity contribution in [3.05, 3.63) is 83.3 Å². The standard InChI is InChI=1S/C34H41NO9/c1-22(2)28-21-43-34(39)35(28)33(38)32(40-4)31(37)30-17-27(25-13-8-10-23(3)16-25)29(44-30)14-9-15-41-20-26(18-36)42-19-24-11-6-5-7-12-24/h5-8,10-13,16-17,22,26,28,32,36H,9,14-15,18-21H2,1-4H3/t26-,28+,32-/m1/s1. The average Bonchev–Trinajstić information content (AvgIpc) is 3.63. The van der Waals surface area contributed by atoms with Crippen LogP contribution in [0.5, 0.6) is 0 Å². The van der Waals surface area contributed by atoms with Crippen molar-refractivity contribution in [1.29, 1.82) is 0 Å². The zero-order valence-electron chi connectivity index (χ0n) is 25.7. The number of Topliss-reactive ketones (excluding diaryl/α,β-unsaturated/α-hetero) is 1. The molecule has 0 saturated carbocycles. The van der Waals surface area contributed by atoms with Crippen LogP contribution in [0.15, 0.2) is 65.1 Å². The van der Waals surface area contributed by atoms with E-state index < -0.39 is 36.0 Å². The van der Waals surface area contributed by atoms with Gasteiger partial charge in [0.15, 0.2) is 5.76 Å². The Bertz CT molecular complexity index is 1400. The highest BCUT2D eigenvalue weighted by molar-refractivity contribution is 6.14. The molecular formula is C34H41NO9. The van der Waals surface area contributed by atoms with E-state index in [-0.39, 0.29) is 31.5 Å². The van der Waals surface area contributed by atoms with Crippen molar-refractivity contribution in [2.45, 2.75) is 58.5 Å². The fourth-order valence-electron chi connectivity index (χ4n) is 5.04. The molecule has 44 heavy (non-hydrogen) atoms. The minimum atomic E-state index is -1.57. The molecule has 2 heterocycles. The van der Waals surface area contributed by atoms with Gasteiger partial charge in [0.2, 0.25) is 11.9 Å². The van der Waals surface area contributed by atoms with Crippen molar-refractivity contribution >= 4 is 17.8 Å². The summed E-state index contributed by atoms with van der Waals surface area (Å²) < 4.78 is 28.1. The summed E-state index contributed by atoms with van der Waals surface area (Å²) in [5.74, 6) is -1.01. The van der Waals surface area contributed by atoms with Gasteiger partial charge in [-0.2, -0.15) is 0 Å². The van der Waals surface area contributed by atoms with E-state index in [1.165, 1.54) is 7.11 Å². The summed E-state index contributed by atoms with van der Waals surface area (Å²) in [5.41, 5.74) is 3.63. The Balaban J connectivity index is 1.43. The van der Waals surface area contributed by atoms with E-state index in [9.17, 15) is 19.5 Å². The molecule has 0 radical (unpaired) electrons. The quantitative estimate of drug-likeness (QED) is 0.136. The van der Waals surface area contributed by atoms with Gasteiger partial charge in [0, 0.05) is 25.7 Å². The predicted octanol–water partition coefficient (Wildman–Crippen LogP) is 4.98. The molecule has 0 unspecified atom stereocenters. The molecule has 236 valence electrons. The summed E-state index contributed by atoms with van der Waals surface area (Å²) >= 11 is 0. The first-order valence-corrected chi connectivity index (χ1v) is 14.8. The number of nitrogens with zero attached hydrogens (tertiary/aromatic N) is 1. The van der Waals surface area contributed by atoms with Crippen LogP contribution in [0, 0.1) is 12.8 Å². The van der Waals surface area contributed by atoms with Crippen LogP contribution in [-0.2, 0) is 36.8 Å². The number of hydrogen-bond donors (Lipinski definition) is 1. The summed E-state index contributed by atoms with van der Waals surface area (Å²) in [6.45, 7) is 6.58. The van der Waals surface area contributed by atoms with Crippen LogP contribution in [0.3, 0.4) is 0 Å². The molecule has 10 nitrogen and oxygen atoms in total. The first-order chi connectivity index (χ1) is 21.2. The molecule has 4 rings (SSSR count). The maximum atomic E-state index is 13.6. The number of cyclic esters (lactones) is 1. The number of carbonyl (C=O) groups is 3. The summed E-state index contributed by atoms with van der Waals surface area (Å²) in [6.07, 6.45) is -1.80. The lowest BCUT2D eigenvalue weighted by atomic mass is 10.0. The zero-order chi connectivity index (χ0) is 31.6. The van der Waals surface area contributed by atoms with Gasteiger partial charge in [0.05, 0.1) is 25.9 Å². The van der Waals surface area contributed by atoms with Crippen molar-refractivity contribution in [1.82, 2.24) is 4.90 Å². The van der Waals surface area contributed by atoms with E-state index in [4.69, 9.17) is 23.4 Å². The molecule has 0 bridgehead atoms. The molecular weight excluding hydrogens is 566 g/mol.